The minimum atomic E-state index is 0.645. The number of aromatic nitrogens is 5. The molecule has 0 atom stereocenters. The summed E-state index contributed by atoms with van der Waals surface area (Å²) >= 11 is 1.75. The van der Waals surface area contributed by atoms with Crippen LogP contribution in [0.5, 0.6) is 0 Å². The van der Waals surface area contributed by atoms with Crippen LogP contribution >= 0.6 is 11.3 Å². The zero-order valence-electron chi connectivity index (χ0n) is 30.0. The van der Waals surface area contributed by atoms with Crippen molar-refractivity contribution in [3.8, 4) is 61.5 Å². The molecular weight excluding hydrogens is 703 g/mol. The lowest BCUT2D eigenvalue weighted by Gasteiger charge is -2.12. The Kier molecular flexibility index (Phi) is 7.60. The van der Waals surface area contributed by atoms with Crippen molar-refractivity contribution in [1.29, 1.82) is 0 Å². The number of hydrogen-bond acceptors (Lipinski definition) is 5. The van der Waals surface area contributed by atoms with E-state index in [4.69, 9.17) is 19.9 Å². The lowest BCUT2D eigenvalue weighted by molar-refractivity contribution is 1.07. The maximum atomic E-state index is 5.08. The minimum Gasteiger partial charge on any atom is -0.309 e. The van der Waals surface area contributed by atoms with Crippen molar-refractivity contribution in [2.24, 2.45) is 0 Å². The van der Waals surface area contributed by atoms with Crippen LogP contribution in [0.2, 0.25) is 0 Å². The Hall–Kier alpha value is -7.28. The van der Waals surface area contributed by atoms with E-state index < -0.39 is 0 Å². The Morgan fingerprint density at radius 1 is 0.393 bits per heavy atom. The van der Waals surface area contributed by atoms with Gasteiger partial charge in [0.15, 0.2) is 17.5 Å². The average molecular weight is 734 g/mol. The standard InChI is InChI=1S/C50H31N5S/c1-3-12-33(13-4-1)47-52-48(34-14-5-2-6-15-34)54-49(53-47)35-24-22-32(23-25-35)36-26-27-38-31-39(29-28-37(38)30-36)55-44-20-9-7-16-40(44)41-17-11-18-42(46(41)55)50-51-43-19-8-10-21-45(43)56-50/h1-31H. The number of rotatable bonds is 6. The van der Waals surface area contributed by atoms with E-state index in [9.17, 15) is 0 Å². The molecule has 56 heavy (non-hydrogen) atoms. The van der Waals surface area contributed by atoms with Gasteiger partial charge in [0.25, 0.3) is 0 Å². The van der Waals surface area contributed by atoms with Gasteiger partial charge in [-0.25, -0.2) is 19.9 Å². The zero-order valence-corrected chi connectivity index (χ0v) is 30.9. The number of fused-ring (bicyclic) bond motifs is 5. The van der Waals surface area contributed by atoms with Gasteiger partial charge in [-0.2, -0.15) is 0 Å². The zero-order chi connectivity index (χ0) is 37.0. The Bertz CT molecular complexity index is 3150. The molecule has 0 amide bonds. The predicted octanol–water partition coefficient (Wildman–Crippen LogP) is 13.1. The molecule has 262 valence electrons. The Balaban J connectivity index is 0.967. The van der Waals surface area contributed by atoms with Gasteiger partial charge in [-0.15, -0.1) is 11.3 Å². The molecule has 0 aliphatic heterocycles. The second kappa shape index (κ2) is 13.2. The van der Waals surface area contributed by atoms with E-state index in [0.29, 0.717) is 17.5 Å². The summed E-state index contributed by atoms with van der Waals surface area (Å²) in [6, 6.07) is 65.8. The van der Waals surface area contributed by atoms with E-state index in [0.717, 1.165) is 49.6 Å². The third-order valence-corrected chi connectivity index (χ3v) is 11.5. The van der Waals surface area contributed by atoms with Crippen molar-refractivity contribution in [2.75, 3.05) is 0 Å². The highest BCUT2D eigenvalue weighted by molar-refractivity contribution is 7.21. The number of para-hydroxylation sites is 3. The third-order valence-electron chi connectivity index (χ3n) is 10.5. The van der Waals surface area contributed by atoms with E-state index >= 15 is 0 Å². The molecule has 6 heteroatoms. The molecule has 0 saturated heterocycles. The maximum absolute atomic E-state index is 5.08. The van der Waals surface area contributed by atoms with Gasteiger partial charge >= 0.3 is 0 Å². The molecule has 3 heterocycles. The fraction of sp³-hybridized carbons (Fsp3) is 0. The average Bonchev–Trinajstić information content (AvgIpc) is 3.86. The second-order valence-electron chi connectivity index (χ2n) is 13.9. The molecule has 0 unspecified atom stereocenters. The minimum absolute atomic E-state index is 0.645. The number of thiazole rings is 1. The molecule has 0 aliphatic rings. The molecule has 0 saturated carbocycles. The fourth-order valence-electron chi connectivity index (χ4n) is 7.75. The van der Waals surface area contributed by atoms with Gasteiger partial charge in [0.05, 0.1) is 21.3 Å². The molecule has 8 aromatic carbocycles. The van der Waals surface area contributed by atoms with Gasteiger partial charge in [0, 0.05) is 38.7 Å². The fourth-order valence-corrected chi connectivity index (χ4v) is 8.74. The molecule has 0 spiro atoms. The highest BCUT2D eigenvalue weighted by Crippen LogP contribution is 2.41. The summed E-state index contributed by atoms with van der Waals surface area (Å²) in [7, 11) is 0. The Morgan fingerprint density at radius 2 is 0.964 bits per heavy atom. The van der Waals surface area contributed by atoms with Crippen molar-refractivity contribution < 1.29 is 0 Å². The quantitative estimate of drug-likeness (QED) is 0.171. The summed E-state index contributed by atoms with van der Waals surface area (Å²) in [4.78, 5) is 19.8. The van der Waals surface area contributed by atoms with Crippen LogP contribution in [-0.2, 0) is 0 Å². The highest BCUT2D eigenvalue weighted by atomic mass is 32.1. The third kappa shape index (κ3) is 5.54. The van der Waals surface area contributed by atoms with Crippen LogP contribution in [0.25, 0.3) is 104 Å². The first-order valence-corrected chi connectivity index (χ1v) is 19.5. The van der Waals surface area contributed by atoms with Gasteiger partial charge in [-0.3, -0.25) is 0 Å². The number of benzene rings is 8. The van der Waals surface area contributed by atoms with E-state index in [2.05, 4.69) is 132 Å². The smallest absolute Gasteiger partial charge is 0.164 e. The largest absolute Gasteiger partial charge is 0.309 e. The SMILES string of the molecule is c1ccc(-c2nc(-c3ccccc3)nc(-c3ccc(-c4ccc5cc(-n6c7ccccc7c7cccc(-c8nc9ccccc9s8)c76)ccc5c4)cc3)n2)cc1. The van der Waals surface area contributed by atoms with Gasteiger partial charge in [-0.05, 0) is 64.4 Å². The van der Waals surface area contributed by atoms with E-state index in [1.165, 1.54) is 37.3 Å². The molecule has 0 N–H and O–H groups in total. The predicted molar refractivity (Wildman–Crippen MR) is 232 cm³/mol. The first kappa shape index (κ1) is 32.2. The van der Waals surface area contributed by atoms with Crippen LogP contribution in [0.4, 0.5) is 0 Å². The monoisotopic (exact) mass is 733 g/mol. The summed E-state index contributed by atoms with van der Waals surface area (Å²) in [5.41, 5.74) is 10.8. The van der Waals surface area contributed by atoms with Crippen molar-refractivity contribution in [1.82, 2.24) is 24.5 Å². The Labute approximate surface area is 326 Å². The lowest BCUT2D eigenvalue weighted by Crippen LogP contribution is -2.00. The van der Waals surface area contributed by atoms with Crippen LogP contribution in [0.1, 0.15) is 0 Å². The maximum Gasteiger partial charge on any atom is 0.164 e. The summed E-state index contributed by atoms with van der Waals surface area (Å²) < 4.78 is 3.60. The second-order valence-corrected chi connectivity index (χ2v) is 14.9. The van der Waals surface area contributed by atoms with Crippen LogP contribution in [0.3, 0.4) is 0 Å². The van der Waals surface area contributed by atoms with Crippen molar-refractivity contribution in [3.63, 3.8) is 0 Å². The van der Waals surface area contributed by atoms with Crippen LogP contribution < -0.4 is 0 Å². The van der Waals surface area contributed by atoms with E-state index in [-0.39, 0.29) is 0 Å². The van der Waals surface area contributed by atoms with Crippen molar-refractivity contribution in [3.05, 3.63) is 188 Å². The lowest BCUT2D eigenvalue weighted by atomic mass is 9.99. The molecule has 0 radical (unpaired) electrons. The van der Waals surface area contributed by atoms with Gasteiger partial charge in [0.1, 0.15) is 5.01 Å². The summed E-state index contributed by atoms with van der Waals surface area (Å²) in [6.07, 6.45) is 0. The Morgan fingerprint density at radius 3 is 1.70 bits per heavy atom. The van der Waals surface area contributed by atoms with E-state index in [1.807, 2.05) is 60.7 Å². The van der Waals surface area contributed by atoms with Gasteiger partial charge in [0.2, 0.25) is 0 Å². The van der Waals surface area contributed by atoms with Crippen molar-refractivity contribution >= 4 is 54.1 Å². The number of hydrogen-bond donors (Lipinski definition) is 0. The molecule has 3 aromatic heterocycles. The van der Waals surface area contributed by atoms with Gasteiger partial charge < -0.3 is 4.57 Å². The molecule has 11 rings (SSSR count). The van der Waals surface area contributed by atoms with Crippen LogP contribution in [-0.4, -0.2) is 24.5 Å². The molecule has 0 fully saturated rings. The molecule has 11 aromatic rings. The van der Waals surface area contributed by atoms with Gasteiger partial charge in [-0.1, -0.05) is 146 Å². The van der Waals surface area contributed by atoms with Crippen molar-refractivity contribution in [2.45, 2.75) is 0 Å². The highest BCUT2D eigenvalue weighted by Gasteiger charge is 2.19. The first-order chi connectivity index (χ1) is 27.7. The summed E-state index contributed by atoms with van der Waals surface area (Å²) in [5, 5.41) is 5.84. The van der Waals surface area contributed by atoms with E-state index in [1.54, 1.807) is 11.3 Å². The normalized spacial score (nSPS) is 11.6. The first-order valence-electron chi connectivity index (χ1n) is 18.6. The summed E-state index contributed by atoms with van der Waals surface area (Å²) in [5.74, 6) is 1.95. The topological polar surface area (TPSA) is 56.5 Å². The number of nitrogens with zero attached hydrogens (tertiary/aromatic N) is 5. The van der Waals surface area contributed by atoms with Crippen LogP contribution in [0.15, 0.2) is 188 Å². The molecule has 5 nitrogen and oxygen atoms in total. The molecule has 0 bridgehead atoms. The molecular formula is C50H31N5S. The van der Waals surface area contributed by atoms with Crippen LogP contribution in [0, 0.1) is 0 Å². The summed E-state index contributed by atoms with van der Waals surface area (Å²) in [6.45, 7) is 0. The molecule has 0 aliphatic carbocycles.